The van der Waals surface area contributed by atoms with E-state index in [2.05, 4.69) is 19.1 Å². The van der Waals surface area contributed by atoms with E-state index in [1.54, 1.807) is 0 Å². The zero-order chi connectivity index (χ0) is 10.5. The molecule has 1 aromatic carbocycles. The van der Waals surface area contributed by atoms with E-state index in [9.17, 15) is 0 Å². The third-order valence-corrected chi connectivity index (χ3v) is 2.65. The SMILES string of the molecule is CCCC1O[C@@H]1COCc1ccccc1. The van der Waals surface area contributed by atoms with Gasteiger partial charge in [0.05, 0.1) is 19.3 Å². The van der Waals surface area contributed by atoms with Gasteiger partial charge in [0.15, 0.2) is 0 Å². The number of rotatable bonds is 6. The van der Waals surface area contributed by atoms with Gasteiger partial charge in [0.1, 0.15) is 6.10 Å². The van der Waals surface area contributed by atoms with E-state index < -0.39 is 0 Å². The summed E-state index contributed by atoms with van der Waals surface area (Å²) in [4.78, 5) is 0. The Kier molecular flexibility index (Phi) is 3.75. The third kappa shape index (κ3) is 3.33. The maximum atomic E-state index is 5.60. The summed E-state index contributed by atoms with van der Waals surface area (Å²) in [6.07, 6.45) is 3.18. The van der Waals surface area contributed by atoms with E-state index in [0.717, 1.165) is 6.61 Å². The zero-order valence-corrected chi connectivity index (χ0v) is 9.19. The van der Waals surface area contributed by atoms with Crippen molar-refractivity contribution >= 4 is 0 Å². The Labute approximate surface area is 91.2 Å². The van der Waals surface area contributed by atoms with Crippen molar-refractivity contribution in [2.24, 2.45) is 0 Å². The molecule has 2 rings (SSSR count). The molecule has 1 heterocycles. The minimum absolute atomic E-state index is 0.355. The average molecular weight is 206 g/mol. The van der Waals surface area contributed by atoms with Crippen LogP contribution < -0.4 is 0 Å². The van der Waals surface area contributed by atoms with E-state index in [1.807, 2.05) is 18.2 Å². The van der Waals surface area contributed by atoms with Gasteiger partial charge in [-0.25, -0.2) is 0 Å². The highest BCUT2D eigenvalue weighted by molar-refractivity contribution is 5.13. The number of ether oxygens (including phenoxy) is 2. The van der Waals surface area contributed by atoms with Crippen LogP contribution in [0, 0.1) is 0 Å². The second-order valence-corrected chi connectivity index (χ2v) is 4.00. The first-order chi connectivity index (χ1) is 7.40. The minimum atomic E-state index is 0.355. The van der Waals surface area contributed by atoms with Gasteiger partial charge in [-0.2, -0.15) is 0 Å². The van der Waals surface area contributed by atoms with Gasteiger partial charge in [-0.05, 0) is 12.0 Å². The van der Waals surface area contributed by atoms with Crippen molar-refractivity contribution in [1.29, 1.82) is 0 Å². The molecule has 2 atom stereocenters. The summed E-state index contributed by atoms with van der Waals surface area (Å²) in [6, 6.07) is 10.2. The van der Waals surface area contributed by atoms with Crippen LogP contribution in [0.5, 0.6) is 0 Å². The number of benzene rings is 1. The van der Waals surface area contributed by atoms with Gasteiger partial charge in [0, 0.05) is 0 Å². The summed E-state index contributed by atoms with van der Waals surface area (Å²) in [5.41, 5.74) is 1.23. The Morgan fingerprint density at radius 1 is 1.20 bits per heavy atom. The summed E-state index contributed by atoms with van der Waals surface area (Å²) < 4.78 is 11.1. The summed E-state index contributed by atoms with van der Waals surface area (Å²) >= 11 is 0. The van der Waals surface area contributed by atoms with Gasteiger partial charge < -0.3 is 9.47 Å². The second kappa shape index (κ2) is 5.29. The van der Waals surface area contributed by atoms with Crippen molar-refractivity contribution in [2.45, 2.75) is 38.6 Å². The lowest BCUT2D eigenvalue weighted by molar-refractivity contribution is 0.104. The molecule has 82 valence electrons. The van der Waals surface area contributed by atoms with Gasteiger partial charge in [-0.1, -0.05) is 43.7 Å². The van der Waals surface area contributed by atoms with Crippen LogP contribution in [0.1, 0.15) is 25.3 Å². The molecule has 0 bridgehead atoms. The van der Waals surface area contributed by atoms with Gasteiger partial charge in [-0.3, -0.25) is 0 Å². The van der Waals surface area contributed by atoms with Gasteiger partial charge in [0.25, 0.3) is 0 Å². The molecule has 0 spiro atoms. The van der Waals surface area contributed by atoms with Crippen LogP contribution in [0.25, 0.3) is 0 Å². The van der Waals surface area contributed by atoms with Crippen LogP contribution >= 0.6 is 0 Å². The lowest BCUT2D eigenvalue weighted by Gasteiger charge is -2.01. The lowest BCUT2D eigenvalue weighted by atomic mass is 10.2. The fraction of sp³-hybridized carbons (Fsp3) is 0.538. The zero-order valence-electron chi connectivity index (χ0n) is 9.19. The molecule has 1 aliphatic heterocycles. The molecule has 2 nitrogen and oxygen atoms in total. The first kappa shape index (κ1) is 10.7. The largest absolute Gasteiger partial charge is 0.374 e. The third-order valence-electron chi connectivity index (χ3n) is 2.65. The Balaban J connectivity index is 1.60. The molecule has 1 saturated heterocycles. The minimum Gasteiger partial charge on any atom is -0.374 e. The topological polar surface area (TPSA) is 21.8 Å². The van der Waals surface area contributed by atoms with E-state index in [0.29, 0.717) is 18.8 Å². The lowest BCUT2D eigenvalue weighted by Crippen LogP contribution is -2.04. The molecule has 0 amide bonds. The maximum absolute atomic E-state index is 5.60. The summed E-state index contributed by atoms with van der Waals surface area (Å²) in [5.74, 6) is 0. The van der Waals surface area contributed by atoms with E-state index in [1.165, 1.54) is 18.4 Å². The molecular weight excluding hydrogens is 188 g/mol. The first-order valence-corrected chi connectivity index (χ1v) is 5.67. The normalized spacial score (nSPS) is 24.1. The molecular formula is C13H18O2. The Morgan fingerprint density at radius 3 is 2.73 bits per heavy atom. The molecule has 0 radical (unpaired) electrons. The number of hydrogen-bond acceptors (Lipinski definition) is 2. The molecule has 15 heavy (non-hydrogen) atoms. The Hall–Kier alpha value is -0.860. The van der Waals surface area contributed by atoms with Crippen molar-refractivity contribution in [3.8, 4) is 0 Å². The van der Waals surface area contributed by atoms with Crippen molar-refractivity contribution in [2.75, 3.05) is 6.61 Å². The monoisotopic (exact) mass is 206 g/mol. The van der Waals surface area contributed by atoms with Crippen LogP contribution in [-0.2, 0) is 16.1 Å². The standard InChI is InChI=1S/C13H18O2/c1-2-6-12-13(15-12)10-14-9-11-7-4-3-5-8-11/h3-5,7-8,12-13H,2,6,9-10H2,1H3/t12?,13-/m1/s1. The van der Waals surface area contributed by atoms with Crippen molar-refractivity contribution < 1.29 is 9.47 Å². The van der Waals surface area contributed by atoms with Gasteiger partial charge in [0.2, 0.25) is 0 Å². The first-order valence-electron chi connectivity index (χ1n) is 5.67. The molecule has 1 aliphatic rings. The average Bonchev–Trinajstić information content (AvgIpc) is 2.99. The summed E-state index contributed by atoms with van der Waals surface area (Å²) in [6.45, 7) is 3.61. The predicted octanol–water partition coefficient (Wildman–Crippen LogP) is 2.77. The fourth-order valence-corrected chi connectivity index (χ4v) is 1.73. The van der Waals surface area contributed by atoms with Crippen LogP contribution in [-0.4, -0.2) is 18.8 Å². The Morgan fingerprint density at radius 2 is 2.00 bits per heavy atom. The highest BCUT2D eigenvalue weighted by Crippen LogP contribution is 2.26. The highest BCUT2D eigenvalue weighted by atomic mass is 16.6. The predicted molar refractivity (Wildman–Crippen MR) is 59.7 cm³/mol. The molecule has 1 unspecified atom stereocenters. The van der Waals surface area contributed by atoms with Crippen LogP contribution in [0.15, 0.2) is 30.3 Å². The summed E-state index contributed by atoms with van der Waals surface area (Å²) in [5, 5.41) is 0. The maximum Gasteiger partial charge on any atom is 0.107 e. The van der Waals surface area contributed by atoms with Crippen LogP contribution in [0.2, 0.25) is 0 Å². The van der Waals surface area contributed by atoms with Crippen LogP contribution in [0.3, 0.4) is 0 Å². The quantitative estimate of drug-likeness (QED) is 0.667. The molecule has 0 aliphatic carbocycles. The highest BCUT2D eigenvalue weighted by Gasteiger charge is 2.37. The Bertz CT molecular complexity index is 284. The summed E-state index contributed by atoms with van der Waals surface area (Å²) in [7, 11) is 0. The molecule has 1 aromatic rings. The molecule has 0 saturated carbocycles. The fourth-order valence-electron chi connectivity index (χ4n) is 1.73. The van der Waals surface area contributed by atoms with E-state index >= 15 is 0 Å². The van der Waals surface area contributed by atoms with Gasteiger partial charge in [-0.15, -0.1) is 0 Å². The van der Waals surface area contributed by atoms with E-state index in [-0.39, 0.29) is 0 Å². The number of hydrogen-bond donors (Lipinski definition) is 0. The number of epoxide rings is 1. The molecule has 0 N–H and O–H groups in total. The van der Waals surface area contributed by atoms with Crippen molar-refractivity contribution in [1.82, 2.24) is 0 Å². The van der Waals surface area contributed by atoms with Crippen molar-refractivity contribution in [3.63, 3.8) is 0 Å². The molecule has 0 aromatic heterocycles. The molecule has 1 fully saturated rings. The van der Waals surface area contributed by atoms with Crippen molar-refractivity contribution in [3.05, 3.63) is 35.9 Å². The second-order valence-electron chi connectivity index (χ2n) is 4.00. The van der Waals surface area contributed by atoms with Gasteiger partial charge >= 0.3 is 0 Å². The van der Waals surface area contributed by atoms with Crippen LogP contribution in [0.4, 0.5) is 0 Å². The molecule has 2 heteroatoms. The van der Waals surface area contributed by atoms with E-state index in [4.69, 9.17) is 9.47 Å². The smallest absolute Gasteiger partial charge is 0.107 e.